The minimum atomic E-state index is -0.809. The standard InChI is InChI=1S/C21H18ClFN2O3/c1-15-6-8-16(9-7-15)25(13-3-12-24)20(26)14-28-21(27)11-10-17-18(22)4-2-5-19(17)23/h2,4-11H,3,13-14H2,1H3/b11-10+. The number of halogens is 2. The van der Waals surface area contributed by atoms with Crippen LogP contribution < -0.4 is 4.90 Å². The van der Waals surface area contributed by atoms with Gasteiger partial charge >= 0.3 is 5.97 Å². The van der Waals surface area contributed by atoms with Crippen molar-refractivity contribution < 1.29 is 18.7 Å². The Kier molecular flexibility index (Phi) is 7.73. The highest BCUT2D eigenvalue weighted by atomic mass is 35.5. The molecule has 0 aliphatic carbocycles. The molecule has 0 N–H and O–H groups in total. The number of amides is 1. The van der Waals surface area contributed by atoms with Gasteiger partial charge in [0.15, 0.2) is 6.61 Å². The maximum absolute atomic E-state index is 13.7. The van der Waals surface area contributed by atoms with Crippen molar-refractivity contribution in [3.8, 4) is 6.07 Å². The average Bonchev–Trinajstić information content (AvgIpc) is 2.67. The number of benzene rings is 2. The van der Waals surface area contributed by atoms with Crippen molar-refractivity contribution in [1.29, 1.82) is 5.26 Å². The van der Waals surface area contributed by atoms with Crippen LogP contribution in [0, 0.1) is 24.1 Å². The van der Waals surface area contributed by atoms with Gasteiger partial charge in [-0.2, -0.15) is 5.26 Å². The van der Waals surface area contributed by atoms with Crippen LogP contribution in [0.15, 0.2) is 48.5 Å². The highest BCUT2D eigenvalue weighted by molar-refractivity contribution is 6.32. The molecule has 0 heterocycles. The maximum Gasteiger partial charge on any atom is 0.331 e. The summed E-state index contributed by atoms with van der Waals surface area (Å²) in [5.41, 5.74) is 1.69. The van der Waals surface area contributed by atoms with Gasteiger partial charge in [-0.3, -0.25) is 4.79 Å². The van der Waals surface area contributed by atoms with E-state index >= 15 is 0 Å². The van der Waals surface area contributed by atoms with Gasteiger partial charge in [-0.05, 0) is 37.3 Å². The van der Waals surface area contributed by atoms with Crippen LogP contribution >= 0.6 is 11.6 Å². The number of ether oxygens (including phenoxy) is 1. The van der Waals surface area contributed by atoms with Gasteiger partial charge in [0.2, 0.25) is 0 Å². The molecule has 1 amide bonds. The van der Waals surface area contributed by atoms with Gasteiger partial charge in [0.1, 0.15) is 5.82 Å². The smallest absolute Gasteiger partial charge is 0.331 e. The van der Waals surface area contributed by atoms with E-state index in [9.17, 15) is 14.0 Å². The highest BCUT2D eigenvalue weighted by Crippen LogP contribution is 2.20. The quantitative estimate of drug-likeness (QED) is 0.513. The summed E-state index contributed by atoms with van der Waals surface area (Å²) in [6.07, 6.45) is 2.33. The Morgan fingerprint density at radius 1 is 1.25 bits per heavy atom. The number of nitriles is 1. The average molecular weight is 401 g/mol. The fourth-order valence-electron chi connectivity index (χ4n) is 2.36. The van der Waals surface area contributed by atoms with Gasteiger partial charge in [-0.25, -0.2) is 9.18 Å². The van der Waals surface area contributed by atoms with Crippen molar-refractivity contribution in [3.05, 3.63) is 70.5 Å². The van der Waals surface area contributed by atoms with E-state index in [-0.39, 0.29) is 23.6 Å². The molecular formula is C21H18ClFN2O3. The van der Waals surface area contributed by atoms with E-state index in [0.29, 0.717) is 5.69 Å². The van der Waals surface area contributed by atoms with Gasteiger partial charge in [0.05, 0.1) is 17.5 Å². The molecular weight excluding hydrogens is 383 g/mol. The third-order valence-corrected chi connectivity index (χ3v) is 4.15. The number of esters is 1. The first-order chi connectivity index (χ1) is 13.4. The van der Waals surface area contributed by atoms with E-state index in [1.807, 2.05) is 25.1 Å². The van der Waals surface area contributed by atoms with Crippen LogP contribution in [0.1, 0.15) is 17.5 Å². The van der Waals surface area contributed by atoms with Crippen LogP contribution in [-0.2, 0) is 14.3 Å². The maximum atomic E-state index is 13.7. The lowest BCUT2D eigenvalue weighted by molar-refractivity contribution is -0.142. The van der Waals surface area contributed by atoms with Crippen molar-refractivity contribution in [2.45, 2.75) is 13.3 Å². The van der Waals surface area contributed by atoms with Crippen LogP contribution in [0.5, 0.6) is 0 Å². The fourth-order valence-corrected chi connectivity index (χ4v) is 2.59. The molecule has 0 atom stereocenters. The Labute approximate surface area is 167 Å². The minimum absolute atomic E-state index is 0.0581. The van der Waals surface area contributed by atoms with Crippen molar-refractivity contribution in [3.63, 3.8) is 0 Å². The number of carbonyl (C=O) groups excluding carboxylic acids is 2. The van der Waals surface area contributed by atoms with Gasteiger partial charge in [0, 0.05) is 23.9 Å². The number of rotatable bonds is 7. The van der Waals surface area contributed by atoms with E-state index in [2.05, 4.69) is 0 Å². The van der Waals surface area contributed by atoms with Crippen LogP contribution in [0.3, 0.4) is 0 Å². The Bertz CT molecular complexity index is 900. The third kappa shape index (κ3) is 5.93. The van der Waals surface area contributed by atoms with Crippen LogP contribution in [0.2, 0.25) is 5.02 Å². The molecule has 0 bridgehead atoms. The Hall–Kier alpha value is -3.17. The molecule has 0 saturated carbocycles. The van der Waals surface area contributed by atoms with Crippen molar-refractivity contribution in [1.82, 2.24) is 0 Å². The molecule has 2 rings (SSSR count). The summed E-state index contributed by atoms with van der Waals surface area (Å²) in [6, 6.07) is 13.3. The molecule has 0 aliphatic heterocycles. The van der Waals surface area contributed by atoms with Crippen molar-refractivity contribution in [2.24, 2.45) is 0 Å². The van der Waals surface area contributed by atoms with Gasteiger partial charge in [-0.15, -0.1) is 0 Å². The lowest BCUT2D eigenvalue weighted by Gasteiger charge is -2.21. The molecule has 0 unspecified atom stereocenters. The molecule has 0 aromatic heterocycles. The molecule has 7 heteroatoms. The Morgan fingerprint density at radius 3 is 2.61 bits per heavy atom. The van der Waals surface area contributed by atoms with E-state index in [1.165, 1.54) is 29.2 Å². The van der Waals surface area contributed by atoms with Crippen LogP contribution in [0.4, 0.5) is 10.1 Å². The third-order valence-electron chi connectivity index (χ3n) is 3.82. The molecule has 0 radical (unpaired) electrons. The summed E-state index contributed by atoms with van der Waals surface area (Å²) in [6.45, 7) is 1.59. The Balaban J connectivity index is 2.01. The summed E-state index contributed by atoms with van der Waals surface area (Å²) < 4.78 is 18.6. The van der Waals surface area contributed by atoms with Crippen molar-refractivity contribution in [2.75, 3.05) is 18.1 Å². The number of aryl methyl sites for hydroxylation is 1. The van der Waals surface area contributed by atoms with Gasteiger partial charge in [0.25, 0.3) is 5.91 Å². The second kappa shape index (κ2) is 10.2. The molecule has 2 aromatic rings. The largest absolute Gasteiger partial charge is 0.452 e. The normalized spacial score (nSPS) is 10.5. The van der Waals surface area contributed by atoms with Gasteiger partial charge in [-0.1, -0.05) is 35.4 Å². The lowest BCUT2D eigenvalue weighted by atomic mass is 10.2. The van der Waals surface area contributed by atoms with Crippen LogP contribution in [0.25, 0.3) is 6.08 Å². The fraction of sp³-hybridized carbons (Fsp3) is 0.190. The minimum Gasteiger partial charge on any atom is -0.452 e. The topological polar surface area (TPSA) is 70.4 Å². The summed E-state index contributed by atoms with van der Waals surface area (Å²) in [7, 11) is 0. The number of hydrogen-bond acceptors (Lipinski definition) is 4. The first kappa shape index (κ1) is 21.1. The Morgan fingerprint density at radius 2 is 1.96 bits per heavy atom. The number of hydrogen-bond donors (Lipinski definition) is 0. The number of nitrogens with zero attached hydrogens (tertiary/aromatic N) is 2. The van der Waals surface area contributed by atoms with E-state index < -0.39 is 24.3 Å². The van der Waals surface area contributed by atoms with Crippen LogP contribution in [-0.4, -0.2) is 25.0 Å². The predicted octanol–water partition coefficient (Wildman–Crippen LogP) is 4.29. The van der Waals surface area contributed by atoms with E-state index in [1.54, 1.807) is 12.1 Å². The molecule has 28 heavy (non-hydrogen) atoms. The zero-order valence-corrected chi connectivity index (χ0v) is 15.9. The molecule has 0 saturated heterocycles. The first-order valence-electron chi connectivity index (χ1n) is 8.45. The molecule has 0 aliphatic rings. The SMILES string of the molecule is Cc1ccc(N(CCC#N)C(=O)COC(=O)/C=C/c2c(F)cccc2Cl)cc1. The molecule has 0 fully saturated rings. The second-order valence-corrected chi connectivity index (χ2v) is 6.27. The van der Waals surface area contributed by atoms with Gasteiger partial charge < -0.3 is 9.64 Å². The van der Waals surface area contributed by atoms with Crippen molar-refractivity contribution >= 4 is 35.2 Å². The molecule has 5 nitrogen and oxygen atoms in total. The monoisotopic (exact) mass is 400 g/mol. The summed E-state index contributed by atoms with van der Waals surface area (Å²) in [5.74, 6) is -1.85. The molecule has 2 aromatic carbocycles. The predicted molar refractivity (Wildman–Crippen MR) is 105 cm³/mol. The zero-order chi connectivity index (χ0) is 20.5. The summed E-state index contributed by atoms with van der Waals surface area (Å²) in [4.78, 5) is 25.7. The van der Waals surface area contributed by atoms with E-state index in [0.717, 1.165) is 11.6 Å². The second-order valence-electron chi connectivity index (χ2n) is 5.87. The lowest BCUT2D eigenvalue weighted by Crippen LogP contribution is -2.35. The number of carbonyl (C=O) groups is 2. The summed E-state index contributed by atoms with van der Waals surface area (Å²) >= 11 is 5.88. The molecule has 144 valence electrons. The zero-order valence-electron chi connectivity index (χ0n) is 15.2. The highest BCUT2D eigenvalue weighted by Gasteiger charge is 2.17. The number of anilines is 1. The first-order valence-corrected chi connectivity index (χ1v) is 8.83. The van der Waals surface area contributed by atoms with E-state index in [4.69, 9.17) is 21.6 Å². The summed E-state index contributed by atoms with van der Waals surface area (Å²) in [5, 5.41) is 8.96. The molecule has 0 spiro atoms.